The highest BCUT2D eigenvalue weighted by Crippen LogP contribution is 2.34. The molecule has 0 bridgehead atoms. The number of carbonyl (C=O) groups is 3. The van der Waals surface area contributed by atoms with E-state index < -0.39 is 12.1 Å². The van der Waals surface area contributed by atoms with Crippen LogP contribution in [0, 0.1) is 13.8 Å². The molecule has 26 heavy (non-hydrogen) atoms. The normalized spacial score (nSPS) is 11.6. The van der Waals surface area contributed by atoms with Crippen molar-refractivity contribution in [2.45, 2.75) is 26.9 Å². The number of hydrogen-bond acceptors (Lipinski definition) is 5. The van der Waals surface area contributed by atoms with E-state index in [-0.39, 0.29) is 17.4 Å². The molecule has 6 nitrogen and oxygen atoms in total. The fourth-order valence-electron chi connectivity index (χ4n) is 2.41. The van der Waals surface area contributed by atoms with Crippen molar-refractivity contribution in [3.63, 3.8) is 0 Å². The van der Waals surface area contributed by atoms with Gasteiger partial charge in [-0.3, -0.25) is 9.59 Å². The molecule has 0 radical (unpaired) electrons. The number of thiophene rings is 1. The van der Waals surface area contributed by atoms with Gasteiger partial charge in [0.15, 0.2) is 0 Å². The molecule has 0 aliphatic heterocycles. The Hall–Kier alpha value is -2.67. The molecule has 0 saturated heterocycles. The molecule has 1 aromatic heterocycles. The number of esters is 1. The highest BCUT2D eigenvalue weighted by atomic mass is 32.1. The van der Waals surface area contributed by atoms with Gasteiger partial charge in [-0.1, -0.05) is 30.3 Å². The zero-order valence-electron chi connectivity index (χ0n) is 15.5. The van der Waals surface area contributed by atoms with Gasteiger partial charge in [-0.05, 0) is 19.4 Å². The average molecular weight is 374 g/mol. The van der Waals surface area contributed by atoms with Crippen LogP contribution in [0.2, 0.25) is 0 Å². The Morgan fingerprint density at radius 1 is 1.12 bits per heavy atom. The Labute approximate surface area is 156 Å². The number of carbonyl (C=O) groups excluding carboxylic acids is 3. The maximum Gasteiger partial charge on any atom is 0.342 e. The second-order valence-corrected chi connectivity index (χ2v) is 7.32. The predicted molar refractivity (Wildman–Crippen MR) is 101 cm³/mol. The Morgan fingerprint density at radius 3 is 2.27 bits per heavy atom. The molecule has 0 saturated carbocycles. The molecule has 0 fully saturated rings. The first-order valence-electron chi connectivity index (χ1n) is 8.07. The van der Waals surface area contributed by atoms with E-state index in [9.17, 15) is 14.4 Å². The molecule has 0 unspecified atom stereocenters. The summed E-state index contributed by atoms with van der Waals surface area (Å²) in [5.41, 5.74) is 1.60. The Kier molecular flexibility index (Phi) is 6.15. The largest absolute Gasteiger partial charge is 0.444 e. The first-order chi connectivity index (χ1) is 12.2. The predicted octanol–water partition coefficient (Wildman–Crippen LogP) is 3.31. The molecule has 0 aliphatic carbocycles. The van der Waals surface area contributed by atoms with Gasteiger partial charge in [-0.2, -0.15) is 0 Å². The Morgan fingerprint density at radius 2 is 1.73 bits per heavy atom. The molecule has 1 heterocycles. The lowest BCUT2D eigenvalue weighted by Gasteiger charge is -2.21. The van der Waals surface area contributed by atoms with Crippen molar-refractivity contribution in [2.75, 3.05) is 19.4 Å². The van der Waals surface area contributed by atoms with Crippen LogP contribution in [0.3, 0.4) is 0 Å². The van der Waals surface area contributed by atoms with Crippen LogP contribution in [0.1, 0.15) is 39.4 Å². The first-order valence-corrected chi connectivity index (χ1v) is 8.88. The van der Waals surface area contributed by atoms with Gasteiger partial charge >= 0.3 is 5.97 Å². The Bertz CT molecular complexity index is 828. The Balaban J connectivity index is 2.39. The molecule has 2 aromatic rings. The van der Waals surface area contributed by atoms with Crippen molar-refractivity contribution in [3.8, 4) is 0 Å². The van der Waals surface area contributed by atoms with Gasteiger partial charge in [0, 0.05) is 31.5 Å². The van der Waals surface area contributed by atoms with Crippen molar-refractivity contribution >= 4 is 34.1 Å². The van der Waals surface area contributed by atoms with Crippen LogP contribution in [-0.2, 0) is 14.3 Å². The maximum atomic E-state index is 12.9. The van der Waals surface area contributed by atoms with Crippen LogP contribution in [0.15, 0.2) is 30.3 Å². The van der Waals surface area contributed by atoms with Gasteiger partial charge in [0.05, 0.1) is 5.56 Å². The van der Waals surface area contributed by atoms with Gasteiger partial charge in [0.2, 0.25) is 12.0 Å². The number of rotatable bonds is 5. The van der Waals surface area contributed by atoms with Crippen molar-refractivity contribution < 1.29 is 19.1 Å². The topological polar surface area (TPSA) is 75.7 Å². The summed E-state index contributed by atoms with van der Waals surface area (Å²) in [6, 6.07) is 8.85. The van der Waals surface area contributed by atoms with Gasteiger partial charge in [-0.15, -0.1) is 11.3 Å². The summed E-state index contributed by atoms with van der Waals surface area (Å²) in [5, 5.41) is 3.10. The summed E-state index contributed by atoms with van der Waals surface area (Å²) < 4.78 is 5.59. The van der Waals surface area contributed by atoms with E-state index in [2.05, 4.69) is 5.32 Å². The molecule has 2 amide bonds. The second-order valence-electron chi connectivity index (χ2n) is 6.10. The monoisotopic (exact) mass is 374 g/mol. The third-order valence-corrected chi connectivity index (χ3v) is 4.99. The number of nitrogens with one attached hydrogen (secondary N) is 1. The number of hydrogen-bond donors (Lipinski definition) is 1. The average Bonchev–Trinajstić information content (AvgIpc) is 2.85. The third kappa shape index (κ3) is 4.29. The summed E-state index contributed by atoms with van der Waals surface area (Å²) in [4.78, 5) is 39.1. The molecule has 1 atom stereocenters. The summed E-state index contributed by atoms with van der Waals surface area (Å²) in [5.74, 6) is -1.25. The molecule has 1 aromatic carbocycles. The minimum atomic E-state index is -1.05. The molecule has 0 spiro atoms. The first kappa shape index (κ1) is 19.7. The van der Waals surface area contributed by atoms with E-state index in [4.69, 9.17) is 4.74 Å². The van der Waals surface area contributed by atoms with E-state index >= 15 is 0 Å². The maximum absolute atomic E-state index is 12.9. The minimum absolute atomic E-state index is 0.274. The lowest BCUT2D eigenvalue weighted by Crippen LogP contribution is -2.31. The van der Waals surface area contributed by atoms with Crippen LogP contribution in [0.25, 0.3) is 0 Å². The minimum Gasteiger partial charge on any atom is -0.444 e. The number of ether oxygens (including phenoxy) is 1. The number of aryl methyl sites for hydroxylation is 1. The third-order valence-electron chi connectivity index (χ3n) is 3.87. The molecule has 2 rings (SSSR count). The number of amides is 2. The van der Waals surface area contributed by atoms with Gasteiger partial charge in [-0.25, -0.2) is 4.79 Å². The molecule has 0 aliphatic rings. The molecular formula is C19H22N2O4S. The van der Waals surface area contributed by atoms with Crippen LogP contribution in [0.4, 0.5) is 5.00 Å². The second kappa shape index (κ2) is 8.14. The summed E-state index contributed by atoms with van der Waals surface area (Å²) in [6.07, 6.45) is -1.05. The van der Waals surface area contributed by atoms with Gasteiger partial charge in [0.25, 0.3) is 5.91 Å². The number of anilines is 1. The van der Waals surface area contributed by atoms with Crippen LogP contribution >= 0.6 is 11.3 Å². The highest BCUT2D eigenvalue weighted by molar-refractivity contribution is 7.16. The lowest BCUT2D eigenvalue weighted by molar-refractivity contribution is -0.138. The van der Waals surface area contributed by atoms with Crippen molar-refractivity contribution in [1.82, 2.24) is 4.90 Å². The highest BCUT2D eigenvalue weighted by Gasteiger charge is 2.30. The molecule has 7 heteroatoms. The number of benzene rings is 1. The van der Waals surface area contributed by atoms with Crippen molar-refractivity contribution in [2.24, 2.45) is 0 Å². The standard InChI is InChI=1S/C19H22N2O4S/c1-11-12(2)26-17(20-13(3)22)15(11)19(24)25-16(18(23)21(4)5)14-9-7-6-8-10-14/h6-10,16H,1-5H3,(H,20,22)/t16-/m0/s1. The summed E-state index contributed by atoms with van der Waals surface area (Å²) >= 11 is 1.31. The smallest absolute Gasteiger partial charge is 0.342 e. The van der Waals surface area contributed by atoms with Gasteiger partial charge in [0.1, 0.15) is 5.00 Å². The van der Waals surface area contributed by atoms with E-state index in [0.717, 1.165) is 10.4 Å². The van der Waals surface area contributed by atoms with Gasteiger partial charge < -0.3 is 15.0 Å². The van der Waals surface area contributed by atoms with Crippen LogP contribution < -0.4 is 5.32 Å². The zero-order valence-corrected chi connectivity index (χ0v) is 16.3. The lowest BCUT2D eigenvalue weighted by atomic mass is 10.1. The van der Waals surface area contributed by atoms with E-state index in [0.29, 0.717) is 10.6 Å². The van der Waals surface area contributed by atoms with E-state index in [1.54, 1.807) is 45.3 Å². The fourth-order valence-corrected chi connectivity index (χ4v) is 3.50. The molecule has 1 N–H and O–H groups in total. The quantitative estimate of drug-likeness (QED) is 0.815. The number of nitrogens with zero attached hydrogens (tertiary/aromatic N) is 1. The fraction of sp³-hybridized carbons (Fsp3) is 0.316. The number of likely N-dealkylation sites (N-methyl/N-ethyl adjacent to an activating group) is 1. The van der Waals surface area contributed by atoms with E-state index in [1.165, 1.54) is 23.2 Å². The van der Waals surface area contributed by atoms with Crippen molar-refractivity contribution in [1.29, 1.82) is 0 Å². The zero-order chi connectivity index (χ0) is 19.4. The summed E-state index contributed by atoms with van der Waals surface area (Å²) in [6.45, 7) is 5.03. The molecular weight excluding hydrogens is 352 g/mol. The molecule has 138 valence electrons. The SMILES string of the molecule is CC(=O)Nc1sc(C)c(C)c1C(=O)O[C@H](C(=O)N(C)C)c1ccccc1. The summed E-state index contributed by atoms with van der Waals surface area (Å²) in [7, 11) is 3.21. The van der Waals surface area contributed by atoms with Crippen molar-refractivity contribution in [3.05, 3.63) is 51.9 Å². The van der Waals surface area contributed by atoms with Crippen LogP contribution in [0.5, 0.6) is 0 Å². The van der Waals surface area contributed by atoms with E-state index in [1.807, 2.05) is 13.0 Å². The van der Waals surface area contributed by atoms with Crippen LogP contribution in [-0.4, -0.2) is 36.8 Å².